The van der Waals surface area contributed by atoms with Crippen molar-refractivity contribution in [2.24, 2.45) is 0 Å². The maximum Gasteiger partial charge on any atom is 0.254 e. The highest BCUT2D eigenvalue weighted by atomic mass is 32.2. The maximum absolute atomic E-state index is 13.3. The second-order valence-electron chi connectivity index (χ2n) is 7.37. The fraction of sp³-hybridized carbons (Fsp3) is 0.429. The predicted octanol–water partition coefficient (Wildman–Crippen LogP) is 1.92. The third-order valence-corrected chi connectivity index (χ3v) is 7.23. The molecule has 0 atom stereocenters. The number of hydrogen-bond donors (Lipinski definition) is 0. The topological polar surface area (TPSA) is 89.0 Å². The van der Waals surface area contributed by atoms with Gasteiger partial charge < -0.3 is 14.4 Å². The Morgan fingerprint density at radius 3 is 2.63 bits per heavy atom. The number of methoxy groups -OCH3 is 1. The highest BCUT2D eigenvalue weighted by Crippen LogP contribution is 2.32. The molecular formula is C21H25N3O5S. The Kier molecular flexibility index (Phi) is 6.03. The van der Waals surface area contributed by atoms with Crippen molar-refractivity contribution in [1.82, 2.24) is 14.2 Å². The van der Waals surface area contributed by atoms with Crippen molar-refractivity contribution in [2.75, 3.05) is 33.4 Å². The molecule has 1 saturated carbocycles. The van der Waals surface area contributed by atoms with Gasteiger partial charge in [0.1, 0.15) is 10.6 Å². The Bertz CT molecular complexity index is 1000. The molecule has 4 rings (SSSR count). The molecule has 1 aliphatic carbocycles. The monoisotopic (exact) mass is 431 g/mol. The zero-order valence-electron chi connectivity index (χ0n) is 16.9. The lowest BCUT2D eigenvalue weighted by Crippen LogP contribution is -2.40. The first-order valence-electron chi connectivity index (χ1n) is 9.97. The highest BCUT2D eigenvalue weighted by molar-refractivity contribution is 7.89. The number of ether oxygens (including phenoxy) is 2. The van der Waals surface area contributed by atoms with Crippen LogP contribution in [0, 0.1) is 0 Å². The van der Waals surface area contributed by atoms with Crippen LogP contribution in [-0.2, 0) is 21.3 Å². The molecule has 0 spiro atoms. The molecule has 1 aromatic heterocycles. The minimum atomic E-state index is -3.80. The Balaban J connectivity index is 1.65. The summed E-state index contributed by atoms with van der Waals surface area (Å²) in [4.78, 5) is 19.4. The van der Waals surface area contributed by atoms with Crippen LogP contribution >= 0.6 is 0 Å². The number of carbonyl (C=O) groups is 1. The smallest absolute Gasteiger partial charge is 0.254 e. The van der Waals surface area contributed by atoms with Crippen LogP contribution in [0.5, 0.6) is 5.75 Å². The van der Waals surface area contributed by atoms with Crippen LogP contribution < -0.4 is 4.74 Å². The molecule has 1 amide bonds. The van der Waals surface area contributed by atoms with Crippen LogP contribution in [0.15, 0.2) is 47.5 Å². The number of benzene rings is 1. The summed E-state index contributed by atoms with van der Waals surface area (Å²) < 4.78 is 38.3. The summed E-state index contributed by atoms with van der Waals surface area (Å²) in [5.41, 5.74) is 1.12. The van der Waals surface area contributed by atoms with Crippen molar-refractivity contribution < 1.29 is 22.7 Å². The summed E-state index contributed by atoms with van der Waals surface area (Å²) in [5.74, 6) is 0.0185. The first kappa shape index (κ1) is 20.8. The van der Waals surface area contributed by atoms with Gasteiger partial charge in [-0.1, -0.05) is 6.07 Å². The quantitative estimate of drug-likeness (QED) is 0.665. The summed E-state index contributed by atoms with van der Waals surface area (Å²) in [6.45, 7) is 1.64. The normalized spacial score (nSPS) is 17.5. The zero-order valence-corrected chi connectivity index (χ0v) is 17.7. The van der Waals surface area contributed by atoms with Gasteiger partial charge in [-0.05, 0) is 43.2 Å². The van der Waals surface area contributed by atoms with Crippen LogP contribution in [0.3, 0.4) is 0 Å². The molecule has 160 valence electrons. The summed E-state index contributed by atoms with van der Waals surface area (Å²) in [7, 11) is -2.38. The lowest BCUT2D eigenvalue weighted by Gasteiger charge is -2.27. The molecule has 1 aliphatic heterocycles. The average molecular weight is 432 g/mol. The van der Waals surface area contributed by atoms with Gasteiger partial charge in [0, 0.05) is 30.9 Å². The Labute approximate surface area is 176 Å². The van der Waals surface area contributed by atoms with E-state index in [0.717, 1.165) is 18.5 Å². The Hall–Kier alpha value is -2.49. The van der Waals surface area contributed by atoms with Gasteiger partial charge in [-0.3, -0.25) is 9.78 Å². The van der Waals surface area contributed by atoms with E-state index in [1.54, 1.807) is 23.2 Å². The number of aromatic nitrogens is 1. The van der Waals surface area contributed by atoms with Gasteiger partial charge in [-0.15, -0.1) is 0 Å². The number of nitrogens with zero attached hydrogens (tertiary/aromatic N) is 3. The van der Waals surface area contributed by atoms with Crippen molar-refractivity contribution in [3.8, 4) is 5.75 Å². The third-order valence-electron chi connectivity index (χ3n) is 5.31. The average Bonchev–Trinajstić information content (AvgIpc) is 3.63. The summed E-state index contributed by atoms with van der Waals surface area (Å²) >= 11 is 0. The Morgan fingerprint density at radius 1 is 1.23 bits per heavy atom. The first-order chi connectivity index (χ1) is 14.5. The van der Waals surface area contributed by atoms with E-state index in [1.807, 2.05) is 18.2 Å². The second-order valence-corrected chi connectivity index (χ2v) is 9.27. The molecule has 2 aromatic rings. The van der Waals surface area contributed by atoms with Crippen LogP contribution in [0.25, 0.3) is 0 Å². The van der Waals surface area contributed by atoms with Crippen LogP contribution in [0.1, 0.15) is 28.9 Å². The SMILES string of the molecule is COc1ccc(C(=O)N(Cc2ccccn2)C2CC2)cc1S(=O)(=O)N1CCOCC1. The predicted molar refractivity (Wildman–Crippen MR) is 110 cm³/mol. The summed E-state index contributed by atoms with van der Waals surface area (Å²) in [6, 6.07) is 10.3. The van der Waals surface area contributed by atoms with Gasteiger partial charge in [0.2, 0.25) is 10.0 Å². The number of carbonyl (C=O) groups excluding carboxylic acids is 1. The van der Waals surface area contributed by atoms with Crippen molar-refractivity contribution in [3.05, 3.63) is 53.9 Å². The fourth-order valence-electron chi connectivity index (χ4n) is 3.52. The van der Waals surface area contributed by atoms with Crippen molar-refractivity contribution >= 4 is 15.9 Å². The number of amides is 1. The maximum atomic E-state index is 13.3. The molecule has 2 fully saturated rings. The van der Waals surface area contributed by atoms with E-state index in [0.29, 0.717) is 25.3 Å². The molecule has 8 nitrogen and oxygen atoms in total. The van der Waals surface area contributed by atoms with Gasteiger partial charge in [0.25, 0.3) is 5.91 Å². The molecule has 2 heterocycles. The van der Waals surface area contributed by atoms with Crippen molar-refractivity contribution in [2.45, 2.75) is 30.3 Å². The number of sulfonamides is 1. The molecule has 30 heavy (non-hydrogen) atoms. The van der Waals surface area contributed by atoms with E-state index < -0.39 is 10.0 Å². The second kappa shape index (κ2) is 8.71. The summed E-state index contributed by atoms with van der Waals surface area (Å²) in [6.07, 6.45) is 3.58. The molecule has 0 radical (unpaired) electrons. The lowest BCUT2D eigenvalue weighted by atomic mass is 10.1. The van der Waals surface area contributed by atoms with Crippen LogP contribution in [0.4, 0.5) is 0 Å². The molecule has 2 aliphatic rings. The van der Waals surface area contributed by atoms with Gasteiger partial charge in [0.05, 0.1) is 32.6 Å². The molecule has 0 N–H and O–H groups in total. The van der Waals surface area contributed by atoms with Gasteiger partial charge in [-0.2, -0.15) is 4.31 Å². The van der Waals surface area contributed by atoms with Gasteiger partial charge >= 0.3 is 0 Å². The molecule has 9 heteroatoms. The van der Waals surface area contributed by atoms with E-state index in [1.165, 1.54) is 17.5 Å². The summed E-state index contributed by atoms with van der Waals surface area (Å²) in [5, 5.41) is 0. The van der Waals surface area contributed by atoms with Crippen molar-refractivity contribution in [3.63, 3.8) is 0 Å². The first-order valence-corrected chi connectivity index (χ1v) is 11.4. The molecular weight excluding hydrogens is 406 g/mol. The standard InChI is InChI=1S/C21H25N3O5S/c1-28-19-8-5-16(14-20(19)30(26,27)23-10-12-29-13-11-23)21(25)24(18-6-7-18)15-17-4-2-3-9-22-17/h2-5,8-9,14,18H,6-7,10-13,15H2,1H3. The molecule has 0 bridgehead atoms. The van der Waals surface area contributed by atoms with E-state index in [2.05, 4.69) is 4.98 Å². The van der Waals surface area contributed by atoms with Crippen molar-refractivity contribution in [1.29, 1.82) is 0 Å². The lowest BCUT2D eigenvalue weighted by molar-refractivity contribution is 0.0723. The number of hydrogen-bond acceptors (Lipinski definition) is 6. The molecule has 1 saturated heterocycles. The van der Waals surface area contributed by atoms with E-state index in [-0.39, 0.29) is 35.7 Å². The largest absolute Gasteiger partial charge is 0.495 e. The Morgan fingerprint density at radius 2 is 2.00 bits per heavy atom. The minimum Gasteiger partial charge on any atom is -0.495 e. The zero-order chi connectivity index (χ0) is 21.1. The third kappa shape index (κ3) is 4.33. The van der Waals surface area contributed by atoms with Crippen LogP contribution in [-0.4, -0.2) is 68.0 Å². The van der Waals surface area contributed by atoms with Gasteiger partial charge in [0.15, 0.2) is 0 Å². The fourth-order valence-corrected chi connectivity index (χ4v) is 5.11. The number of pyridine rings is 1. The van der Waals surface area contributed by atoms with E-state index in [9.17, 15) is 13.2 Å². The number of morpholine rings is 1. The van der Waals surface area contributed by atoms with E-state index >= 15 is 0 Å². The molecule has 0 unspecified atom stereocenters. The van der Waals surface area contributed by atoms with Crippen LogP contribution in [0.2, 0.25) is 0 Å². The van der Waals surface area contributed by atoms with E-state index in [4.69, 9.17) is 9.47 Å². The highest BCUT2D eigenvalue weighted by Gasteiger charge is 2.35. The van der Waals surface area contributed by atoms with Gasteiger partial charge in [-0.25, -0.2) is 8.42 Å². The minimum absolute atomic E-state index is 0.00586. The number of rotatable bonds is 7. The molecule has 1 aromatic carbocycles.